The quantitative estimate of drug-likeness (QED) is 0.161. The van der Waals surface area contributed by atoms with Crippen molar-refractivity contribution in [2.24, 2.45) is 0 Å². The van der Waals surface area contributed by atoms with Gasteiger partial charge in [-0.2, -0.15) is 0 Å². The lowest BCUT2D eigenvalue weighted by atomic mass is 10.1. The second-order valence-electron chi connectivity index (χ2n) is 9.90. The number of esters is 1. The Morgan fingerprint density at radius 1 is 0.857 bits per heavy atom. The van der Waals surface area contributed by atoms with Gasteiger partial charge in [-0.05, 0) is 42.5 Å². The zero-order valence-corrected chi connectivity index (χ0v) is 23.6. The van der Waals surface area contributed by atoms with Crippen LogP contribution in [0.3, 0.4) is 0 Å². The minimum Gasteiger partial charge on any atom is -0.468 e. The Bertz CT molecular complexity index is 1980. The fourth-order valence-electron chi connectivity index (χ4n) is 5.42. The number of oxazole rings is 1. The van der Waals surface area contributed by atoms with Crippen molar-refractivity contribution < 1.29 is 23.3 Å². The summed E-state index contributed by atoms with van der Waals surface area (Å²) in [6.07, 6.45) is 5.76. The number of hydrogen-bond acceptors (Lipinski definition) is 5. The van der Waals surface area contributed by atoms with Crippen molar-refractivity contribution >= 4 is 69.2 Å². The van der Waals surface area contributed by atoms with E-state index in [2.05, 4.69) is 0 Å². The highest BCUT2D eigenvalue weighted by atomic mass is 32.2. The highest BCUT2D eigenvalue weighted by molar-refractivity contribution is 7.99. The molecule has 42 heavy (non-hydrogen) atoms. The molecule has 0 aliphatic carbocycles. The molecule has 0 N–H and O–H groups in total. The summed E-state index contributed by atoms with van der Waals surface area (Å²) in [6.45, 7) is 0.190. The van der Waals surface area contributed by atoms with Gasteiger partial charge in [0.15, 0.2) is 0 Å². The van der Waals surface area contributed by atoms with E-state index in [0.29, 0.717) is 11.5 Å². The van der Waals surface area contributed by atoms with E-state index in [-0.39, 0.29) is 25.0 Å². The number of benzene rings is 4. The second-order valence-corrected chi connectivity index (χ2v) is 11.0. The molecule has 2 aromatic heterocycles. The van der Waals surface area contributed by atoms with Gasteiger partial charge in [-0.3, -0.25) is 14.5 Å². The van der Waals surface area contributed by atoms with Gasteiger partial charge in [-0.15, -0.1) is 4.57 Å². The SMILES string of the molecule is COC(=O)Cn1cc(C=Cc2oc3ccccc3[n+]2CC(=O)N2c3ccccc3Sc3ccccc32)c2ccccc21. The number of aromatic nitrogens is 2. The first-order valence-corrected chi connectivity index (χ1v) is 14.4. The van der Waals surface area contributed by atoms with Crippen LogP contribution in [0.15, 0.2) is 117 Å². The molecule has 1 aliphatic rings. The maximum absolute atomic E-state index is 14.2. The molecule has 0 saturated heterocycles. The molecule has 0 saturated carbocycles. The average Bonchev–Trinajstić information content (AvgIpc) is 3.56. The lowest BCUT2D eigenvalue weighted by Gasteiger charge is -2.30. The molecule has 4 aromatic carbocycles. The lowest BCUT2D eigenvalue weighted by molar-refractivity contribution is -0.665. The van der Waals surface area contributed by atoms with Crippen LogP contribution in [0.5, 0.6) is 0 Å². The maximum Gasteiger partial charge on any atom is 0.374 e. The summed E-state index contributed by atoms with van der Waals surface area (Å²) in [4.78, 5) is 30.1. The van der Waals surface area contributed by atoms with Crippen molar-refractivity contribution in [1.29, 1.82) is 0 Å². The summed E-state index contributed by atoms with van der Waals surface area (Å²) in [7, 11) is 1.39. The van der Waals surface area contributed by atoms with Gasteiger partial charge in [0.2, 0.25) is 12.1 Å². The van der Waals surface area contributed by atoms with Crippen LogP contribution in [0.1, 0.15) is 11.5 Å². The molecule has 6 aromatic rings. The van der Waals surface area contributed by atoms with Crippen LogP contribution in [0, 0.1) is 0 Å². The van der Waals surface area contributed by atoms with Crippen molar-refractivity contribution in [3.8, 4) is 0 Å². The topological polar surface area (TPSA) is 68.6 Å². The monoisotopic (exact) mass is 572 g/mol. The number of hydrogen-bond donors (Lipinski definition) is 0. The third-order valence-electron chi connectivity index (χ3n) is 7.36. The summed E-state index contributed by atoms with van der Waals surface area (Å²) in [5.41, 5.74) is 5.10. The fraction of sp³-hybridized carbons (Fsp3) is 0.0882. The molecule has 3 heterocycles. The average molecular weight is 573 g/mol. The number of fused-ring (bicyclic) bond motifs is 4. The van der Waals surface area contributed by atoms with Crippen LogP contribution < -0.4 is 9.47 Å². The Morgan fingerprint density at radius 2 is 1.52 bits per heavy atom. The van der Waals surface area contributed by atoms with E-state index in [1.54, 1.807) is 11.8 Å². The number of amides is 1. The Morgan fingerprint density at radius 3 is 2.29 bits per heavy atom. The second kappa shape index (κ2) is 10.7. The third kappa shape index (κ3) is 4.55. The number of anilines is 2. The predicted octanol–water partition coefficient (Wildman–Crippen LogP) is 6.85. The first-order valence-electron chi connectivity index (χ1n) is 13.5. The summed E-state index contributed by atoms with van der Waals surface area (Å²) in [5.74, 6) is 0.151. The summed E-state index contributed by atoms with van der Waals surface area (Å²) in [6, 6.07) is 31.6. The molecule has 206 valence electrons. The van der Waals surface area contributed by atoms with Crippen LogP contribution in [0.4, 0.5) is 11.4 Å². The van der Waals surface area contributed by atoms with Gasteiger partial charge in [-0.25, -0.2) is 0 Å². The van der Waals surface area contributed by atoms with Gasteiger partial charge in [0.25, 0.3) is 11.4 Å². The van der Waals surface area contributed by atoms with Crippen molar-refractivity contribution in [3.05, 3.63) is 115 Å². The highest BCUT2D eigenvalue weighted by Crippen LogP contribution is 2.47. The lowest BCUT2D eigenvalue weighted by Crippen LogP contribution is -2.45. The van der Waals surface area contributed by atoms with E-state index in [1.165, 1.54) is 7.11 Å². The molecule has 0 fully saturated rings. The molecule has 0 bridgehead atoms. The van der Waals surface area contributed by atoms with Gasteiger partial charge in [0.05, 0.1) is 24.6 Å². The first-order chi connectivity index (χ1) is 20.6. The Labute approximate surface area is 246 Å². The van der Waals surface area contributed by atoms with Crippen LogP contribution in [0.2, 0.25) is 0 Å². The molecular weight excluding hydrogens is 546 g/mol. The van der Waals surface area contributed by atoms with E-state index < -0.39 is 0 Å². The molecule has 1 amide bonds. The maximum atomic E-state index is 14.2. The Hall–Kier alpha value is -5.08. The smallest absolute Gasteiger partial charge is 0.374 e. The zero-order valence-electron chi connectivity index (χ0n) is 22.8. The summed E-state index contributed by atoms with van der Waals surface area (Å²) in [5, 5.41) is 0.996. The number of carbonyl (C=O) groups is 2. The highest BCUT2D eigenvalue weighted by Gasteiger charge is 2.32. The number of methoxy groups -OCH3 is 1. The number of para-hydroxylation sites is 5. The van der Waals surface area contributed by atoms with Crippen LogP contribution in [0.25, 0.3) is 34.2 Å². The zero-order chi connectivity index (χ0) is 28.6. The summed E-state index contributed by atoms with van der Waals surface area (Å²) < 4.78 is 14.9. The Kier molecular flexibility index (Phi) is 6.60. The van der Waals surface area contributed by atoms with Gasteiger partial charge in [-0.1, -0.05) is 66.4 Å². The number of nitrogens with zero attached hydrogens (tertiary/aromatic N) is 3. The largest absolute Gasteiger partial charge is 0.468 e. The minimum absolute atomic E-state index is 0.0731. The number of carbonyl (C=O) groups excluding carboxylic acids is 2. The van der Waals surface area contributed by atoms with Gasteiger partial charge >= 0.3 is 11.9 Å². The van der Waals surface area contributed by atoms with Crippen LogP contribution in [-0.2, 0) is 27.4 Å². The molecule has 7 rings (SSSR count). The molecule has 0 unspecified atom stereocenters. The van der Waals surface area contributed by atoms with Crippen molar-refractivity contribution in [1.82, 2.24) is 4.57 Å². The van der Waals surface area contributed by atoms with Gasteiger partial charge in [0, 0.05) is 38.5 Å². The van der Waals surface area contributed by atoms with E-state index in [9.17, 15) is 9.59 Å². The number of rotatable bonds is 6. The molecule has 7 nitrogen and oxygen atoms in total. The van der Waals surface area contributed by atoms with E-state index in [1.807, 2.05) is 129 Å². The van der Waals surface area contributed by atoms with E-state index in [0.717, 1.165) is 43.1 Å². The number of ether oxygens (including phenoxy) is 1. The molecule has 8 heteroatoms. The Balaban J connectivity index is 1.28. The molecule has 0 atom stereocenters. The fourth-order valence-corrected chi connectivity index (χ4v) is 6.48. The molecule has 0 spiro atoms. The summed E-state index contributed by atoms with van der Waals surface area (Å²) >= 11 is 1.67. The van der Waals surface area contributed by atoms with Crippen molar-refractivity contribution in [2.45, 2.75) is 22.9 Å². The molecular formula is C34H26N3O4S+. The predicted molar refractivity (Wildman–Crippen MR) is 163 cm³/mol. The van der Waals surface area contributed by atoms with Gasteiger partial charge < -0.3 is 13.7 Å². The normalized spacial score (nSPS) is 12.5. The van der Waals surface area contributed by atoms with Crippen LogP contribution in [-0.4, -0.2) is 23.6 Å². The van der Waals surface area contributed by atoms with E-state index >= 15 is 0 Å². The third-order valence-corrected chi connectivity index (χ3v) is 8.49. The van der Waals surface area contributed by atoms with E-state index in [4.69, 9.17) is 9.15 Å². The molecule has 0 radical (unpaired) electrons. The standard InChI is InChI=1S/C34H26N3O4S/c1-40-34(39)22-35-20-23(24-10-2-3-11-25(24)35)18-19-33-36(26-12-4-7-15-29(26)41-33)21-32(38)37-27-13-5-8-16-30(27)42-31-17-9-6-14-28(31)37/h2-20H,21-22H2,1H3/q+1. The van der Waals surface area contributed by atoms with Crippen LogP contribution >= 0.6 is 11.8 Å². The molecule has 1 aliphatic heterocycles. The van der Waals surface area contributed by atoms with Gasteiger partial charge in [0.1, 0.15) is 6.54 Å². The van der Waals surface area contributed by atoms with Crippen molar-refractivity contribution in [3.63, 3.8) is 0 Å². The first kappa shape index (κ1) is 25.9. The minimum atomic E-state index is -0.320. The van der Waals surface area contributed by atoms with Crippen molar-refractivity contribution in [2.75, 3.05) is 12.0 Å².